The maximum absolute atomic E-state index is 13.4. The molecule has 2 rings (SSSR count). The lowest BCUT2D eigenvalue weighted by Gasteiger charge is -1.98. The number of rotatable bonds is 5. The van der Waals surface area contributed by atoms with Crippen LogP contribution in [0.2, 0.25) is 0 Å². The Kier molecular flexibility index (Phi) is 3.72. The van der Waals surface area contributed by atoms with Gasteiger partial charge in [0.15, 0.2) is 5.89 Å². The molecule has 0 saturated carbocycles. The number of halogens is 1. The molecule has 0 amide bonds. The minimum Gasteiger partial charge on any atom is -0.481 e. The number of benzene rings is 1. The van der Waals surface area contributed by atoms with E-state index in [1.165, 1.54) is 12.3 Å². The van der Waals surface area contributed by atoms with Crippen molar-refractivity contribution < 1.29 is 18.7 Å². The lowest BCUT2D eigenvalue weighted by atomic mass is 10.1. The Morgan fingerprint density at radius 2 is 2.17 bits per heavy atom. The molecule has 0 aliphatic rings. The lowest BCUT2D eigenvalue weighted by molar-refractivity contribution is -0.137. The number of oxazole rings is 1. The van der Waals surface area contributed by atoms with E-state index in [0.717, 1.165) is 0 Å². The highest BCUT2D eigenvalue weighted by Crippen LogP contribution is 2.14. The van der Waals surface area contributed by atoms with Crippen LogP contribution in [0.4, 0.5) is 4.39 Å². The summed E-state index contributed by atoms with van der Waals surface area (Å²) in [5, 5.41) is 8.54. The van der Waals surface area contributed by atoms with Crippen molar-refractivity contribution in [1.82, 2.24) is 4.98 Å². The van der Waals surface area contributed by atoms with Crippen molar-refractivity contribution in [3.63, 3.8) is 0 Å². The predicted octanol–water partition coefficient (Wildman–Crippen LogP) is 2.42. The Balaban J connectivity index is 2.02. The number of aliphatic carboxylic acids is 1. The highest BCUT2D eigenvalue weighted by Gasteiger charge is 2.09. The van der Waals surface area contributed by atoms with Gasteiger partial charge in [-0.15, -0.1) is 0 Å². The molecule has 18 heavy (non-hydrogen) atoms. The van der Waals surface area contributed by atoms with E-state index in [1.807, 2.05) is 0 Å². The van der Waals surface area contributed by atoms with Crippen LogP contribution in [0.3, 0.4) is 0 Å². The first kappa shape index (κ1) is 12.3. The van der Waals surface area contributed by atoms with Crippen molar-refractivity contribution in [1.29, 1.82) is 0 Å². The first-order valence-electron chi connectivity index (χ1n) is 5.54. The molecular weight excluding hydrogens is 237 g/mol. The minimum atomic E-state index is -0.887. The number of carbonyl (C=O) groups is 1. The molecular formula is C13H12FNO3. The Morgan fingerprint density at radius 1 is 1.39 bits per heavy atom. The Hall–Kier alpha value is -2.17. The summed E-state index contributed by atoms with van der Waals surface area (Å²) in [5.74, 6) is -0.297. The van der Waals surface area contributed by atoms with E-state index in [2.05, 4.69) is 4.98 Å². The number of hydrogen-bond acceptors (Lipinski definition) is 3. The zero-order chi connectivity index (χ0) is 13.0. The summed E-state index contributed by atoms with van der Waals surface area (Å²) < 4.78 is 18.7. The van der Waals surface area contributed by atoms with Crippen LogP contribution in [0, 0.1) is 5.82 Å². The fourth-order valence-electron chi connectivity index (χ4n) is 1.58. The van der Waals surface area contributed by atoms with Gasteiger partial charge in [0.25, 0.3) is 0 Å². The third kappa shape index (κ3) is 3.16. The van der Waals surface area contributed by atoms with Crippen LogP contribution in [0.15, 0.2) is 34.9 Å². The van der Waals surface area contributed by atoms with Gasteiger partial charge in [-0.2, -0.15) is 0 Å². The van der Waals surface area contributed by atoms with Gasteiger partial charge in [0, 0.05) is 6.42 Å². The van der Waals surface area contributed by atoms with Gasteiger partial charge in [-0.05, 0) is 11.6 Å². The van der Waals surface area contributed by atoms with Crippen molar-refractivity contribution in [3.05, 3.63) is 53.5 Å². The molecule has 1 N–H and O–H groups in total. The van der Waals surface area contributed by atoms with Crippen molar-refractivity contribution in [3.8, 4) is 0 Å². The first-order chi connectivity index (χ1) is 8.65. The van der Waals surface area contributed by atoms with E-state index in [0.29, 0.717) is 23.6 Å². The molecule has 5 heteroatoms. The molecule has 0 unspecified atom stereocenters. The topological polar surface area (TPSA) is 63.3 Å². The molecule has 0 radical (unpaired) electrons. The summed E-state index contributed by atoms with van der Waals surface area (Å²) >= 11 is 0. The van der Waals surface area contributed by atoms with Crippen LogP contribution in [-0.4, -0.2) is 16.1 Å². The van der Waals surface area contributed by atoms with Gasteiger partial charge in [0.1, 0.15) is 11.6 Å². The van der Waals surface area contributed by atoms with Gasteiger partial charge in [-0.25, -0.2) is 9.37 Å². The van der Waals surface area contributed by atoms with E-state index in [-0.39, 0.29) is 18.7 Å². The maximum Gasteiger partial charge on any atom is 0.303 e. The molecule has 0 aliphatic heterocycles. The van der Waals surface area contributed by atoms with Gasteiger partial charge >= 0.3 is 5.97 Å². The van der Waals surface area contributed by atoms with E-state index >= 15 is 0 Å². The van der Waals surface area contributed by atoms with Gasteiger partial charge in [-0.1, -0.05) is 18.2 Å². The second-order valence-corrected chi connectivity index (χ2v) is 3.88. The van der Waals surface area contributed by atoms with Crippen molar-refractivity contribution in [2.75, 3.05) is 0 Å². The summed E-state index contributed by atoms with van der Waals surface area (Å²) in [4.78, 5) is 14.4. The maximum atomic E-state index is 13.4. The average molecular weight is 249 g/mol. The summed E-state index contributed by atoms with van der Waals surface area (Å²) in [6, 6.07) is 6.40. The van der Waals surface area contributed by atoms with Crippen LogP contribution in [0.5, 0.6) is 0 Å². The summed E-state index contributed by atoms with van der Waals surface area (Å²) in [5.41, 5.74) is 0.504. The molecule has 0 atom stereocenters. The normalized spacial score (nSPS) is 10.5. The molecule has 1 aromatic carbocycles. The molecule has 0 fully saturated rings. The third-order valence-corrected chi connectivity index (χ3v) is 2.49. The average Bonchev–Trinajstić information content (AvgIpc) is 2.77. The minimum absolute atomic E-state index is 0.00562. The zero-order valence-electron chi connectivity index (χ0n) is 9.60. The Labute approximate surface area is 103 Å². The summed E-state index contributed by atoms with van der Waals surface area (Å²) in [6.07, 6.45) is 2.03. The smallest absolute Gasteiger partial charge is 0.303 e. The molecule has 94 valence electrons. The number of hydrogen-bond donors (Lipinski definition) is 1. The second-order valence-electron chi connectivity index (χ2n) is 3.88. The molecule has 0 bridgehead atoms. The van der Waals surface area contributed by atoms with Gasteiger partial charge < -0.3 is 9.52 Å². The molecule has 4 nitrogen and oxygen atoms in total. The van der Waals surface area contributed by atoms with E-state index in [9.17, 15) is 9.18 Å². The first-order valence-corrected chi connectivity index (χ1v) is 5.54. The van der Waals surface area contributed by atoms with Crippen molar-refractivity contribution in [2.24, 2.45) is 0 Å². The molecule has 2 aromatic rings. The van der Waals surface area contributed by atoms with Gasteiger partial charge in [-0.3, -0.25) is 4.79 Å². The van der Waals surface area contributed by atoms with E-state index in [4.69, 9.17) is 9.52 Å². The SMILES string of the molecule is O=C(O)CCc1cnc(Cc2ccccc2F)o1. The standard InChI is InChI=1S/C13H12FNO3/c14-11-4-2-1-3-9(11)7-12-15-8-10(18-12)5-6-13(16)17/h1-4,8H,5-7H2,(H,16,17). The Bertz CT molecular complexity index is 551. The number of carboxylic acid groups (broad SMARTS) is 1. The van der Waals surface area contributed by atoms with Crippen LogP contribution in [0.25, 0.3) is 0 Å². The molecule has 0 aliphatic carbocycles. The third-order valence-electron chi connectivity index (χ3n) is 2.49. The van der Waals surface area contributed by atoms with Gasteiger partial charge in [0.05, 0.1) is 19.0 Å². The van der Waals surface area contributed by atoms with Gasteiger partial charge in [0.2, 0.25) is 0 Å². The predicted molar refractivity (Wildman–Crippen MR) is 61.7 cm³/mol. The molecule has 0 saturated heterocycles. The van der Waals surface area contributed by atoms with E-state index in [1.54, 1.807) is 18.2 Å². The van der Waals surface area contributed by atoms with Crippen molar-refractivity contribution in [2.45, 2.75) is 19.3 Å². The fraction of sp³-hybridized carbons (Fsp3) is 0.231. The summed E-state index contributed by atoms with van der Waals surface area (Å²) in [6.45, 7) is 0. The highest BCUT2D eigenvalue weighted by molar-refractivity contribution is 5.66. The summed E-state index contributed by atoms with van der Waals surface area (Å²) in [7, 11) is 0. The molecule has 1 heterocycles. The fourth-order valence-corrected chi connectivity index (χ4v) is 1.58. The quantitative estimate of drug-likeness (QED) is 0.883. The number of nitrogens with zero attached hydrogens (tertiary/aromatic N) is 1. The number of aryl methyl sites for hydroxylation is 1. The number of aromatic nitrogens is 1. The van der Waals surface area contributed by atoms with Crippen LogP contribution in [-0.2, 0) is 17.6 Å². The van der Waals surface area contributed by atoms with Crippen LogP contribution in [0.1, 0.15) is 23.6 Å². The lowest BCUT2D eigenvalue weighted by Crippen LogP contribution is -1.96. The molecule has 0 spiro atoms. The zero-order valence-corrected chi connectivity index (χ0v) is 9.60. The highest BCUT2D eigenvalue weighted by atomic mass is 19.1. The van der Waals surface area contributed by atoms with Crippen molar-refractivity contribution >= 4 is 5.97 Å². The number of carboxylic acids is 1. The van der Waals surface area contributed by atoms with Crippen LogP contribution < -0.4 is 0 Å². The monoisotopic (exact) mass is 249 g/mol. The molecule has 1 aromatic heterocycles. The largest absolute Gasteiger partial charge is 0.481 e. The van der Waals surface area contributed by atoms with E-state index < -0.39 is 5.97 Å². The second kappa shape index (κ2) is 5.44. The Morgan fingerprint density at radius 3 is 2.89 bits per heavy atom. The van der Waals surface area contributed by atoms with Crippen LogP contribution >= 0.6 is 0 Å².